The van der Waals surface area contributed by atoms with Gasteiger partial charge in [0.2, 0.25) is 5.95 Å². The number of halogens is 3. The number of nitrogens with one attached hydrogen (secondary N) is 3. The molecule has 4 N–H and O–H groups in total. The lowest BCUT2D eigenvalue weighted by Gasteiger charge is -2.21. The number of guanidine groups is 1. The molecule has 0 saturated heterocycles. The van der Waals surface area contributed by atoms with E-state index in [4.69, 9.17) is 4.42 Å². The highest BCUT2D eigenvalue weighted by atomic mass is 19.4. The van der Waals surface area contributed by atoms with Gasteiger partial charge in [-0.15, -0.1) is 0 Å². The van der Waals surface area contributed by atoms with Gasteiger partial charge in [0.05, 0.1) is 6.54 Å². The highest BCUT2D eigenvalue weighted by Crippen LogP contribution is 2.28. The molecule has 8 nitrogen and oxygen atoms in total. The highest BCUT2D eigenvalue weighted by Gasteiger charge is 2.32. The predicted octanol–water partition coefficient (Wildman–Crippen LogP) is 2.58. The number of rotatable bonds is 8. The third-order valence-corrected chi connectivity index (χ3v) is 4.16. The fourth-order valence-corrected chi connectivity index (χ4v) is 2.78. The van der Waals surface area contributed by atoms with E-state index in [1.807, 2.05) is 13.8 Å². The van der Waals surface area contributed by atoms with Crippen molar-refractivity contribution in [3.8, 4) is 0 Å². The highest BCUT2D eigenvalue weighted by molar-refractivity contribution is 5.79. The summed E-state index contributed by atoms with van der Waals surface area (Å²) in [6.45, 7) is 8.44. The van der Waals surface area contributed by atoms with Gasteiger partial charge in [-0.2, -0.15) is 13.2 Å². The number of furan rings is 1. The monoisotopic (exact) mass is 428 g/mol. The van der Waals surface area contributed by atoms with Gasteiger partial charge in [-0.25, -0.2) is 15.0 Å². The Morgan fingerprint density at radius 1 is 1.23 bits per heavy atom. The van der Waals surface area contributed by atoms with Crippen molar-refractivity contribution in [2.75, 3.05) is 31.5 Å². The van der Waals surface area contributed by atoms with Gasteiger partial charge in [-0.05, 0) is 39.8 Å². The summed E-state index contributed by atoms with van der Waals surface area (Å²) in [5, 5.41) is 19.6. The van der Waals surface area contributed by atoms with Crippen molar-refractivity contribution in [2.45, 2.75) is 39.5 Å². The first-order valence-electron chi connectivity index (χ1n) is 9.49. The quantitative estimate of drug-likeness (QED) is 0.291. The van der Waals surface area contributed by atoms with E-state index in [0.717, 1.165) is 12.3 Å². The normalized spacial score (nSPS) is 14.3. The smallest absolute Gasteiger partial charge is 0.433 e. The molecule has 2 rings (SSSR count). The number of hydrogen-bond donors (Lipinski definition) is 4. The molecule has 0 fully saturated rings. The Kier molecular flexibility index (Phi) is 7.65. The Morgan fingerprint density at radius 2 is 1.97 bits per heavy atom. The number of aryl methyl sites for hydroxylation is 2. The van der Waals surface area contributed by atoms with Crippen molar-refractivity contribution in [1.82, 2.24) is 20.6 Å². The number of aliphatic imine (C=N–C) groups is 1. The predicted molar refractivity (Wildman–Crippen MR) is 107 cm³/mol. The fraction of sp³-hybridized carbons (Fsp3) is 0.526. The number of nitrogens with zero attached hydrogens (tertiary/aromatic N) is 3. The number of aliphatic hydroxyl groups is 1. The van der Waals surface area contributed by atoms with Gasteiger partial charge in [0, 0.05) is 31.4 Å². The zero-order chi connectivity index (χ0) is 22.4. The summed E-state index contributed by atoms with van der Waals surface area (Å²) in [7, 11) is 0. The number of aromatic nitrogens is 2. The molecule has 2 heterocycles. The molecule has 1 unspecified atom stereocenters. The minimum absolute atomic E-state index is 0.0896. The minimum atomic E-state index is -4.52. The number of alkyl halides is 3. The second kappa shape index (κ2) is 9.79. The molecule has 0 radical (unpaired) electrons. The van der Waals surface area contributed by atoms with Crippen molar-refractivity contribution in [1.29, 1.82) is 0 Å². The average Bonchev–Trinajstić information content (AvgIpc) is 3.02. The zero-order valence-electron chi connectivity index (χ0n) is 17.4. The van der Waals surface area contributed by atoms with Crippen LogP contribution in [0.2, 0.25) is 0 Å². The van der Waals surface area contributed by atoms with Crippen LogP contribution < -0.4 is 16.0 Å². The van der Waals surface area contributed by atoms with E-state index in [9.17, 15) is 18.3 Å². The van der Waals surface area contributed by atoms with E-state index in [1.165, 1.54) is 0 Å². The Morgan fingerprint density at radius 3 is 2.57 bits per heavy atom. The molecule has 0 bridgehead atoms. The van der Waals surface area contributed by atoms with Gasteiger partial charge < -0.3 is 25.5 Å². The van der Waals surface area contributed by atoms with Gasteiger partial charge in [-0.3, -0.25) is 0 Å². The molecule has 0 saturated carbocycles. The molecule has 0 amide bonds. The largest absolute Gasteiger partial charge is 0.466 e. The molecule has 0 aliphatic carbocycles. The summed E-state index contributed by atoms with van der Waals surface area (Å²) < 4.78 is 43.6. The van der Waals surface area contributed by atoms with Gasteiger partial charge in [0.25, 0.3) is 0 Å². The lowest BCUT2D eigenvalue weighted by atomic mass is 9.96. The van der Waals surface area contributed by atoms with Crippen LogP contribution in [0.3, 0.4) is 0 Å². The van der Waals surface area contributed by atoms with Gasteiger partial charge >= 0.3 is 6.18 Å². The second-order valence-electron chi connectivity index (χ2n) is 6.91. The van der Waals surface area contributed by atoms with E-state index in [1.54, 1.807) is 19.9 Å². The summed E-state index contributed by atoms with van der Waals surface area (Å²) in [5.74, 6) is 1.69. The van der Waals surface area contributed by atoms with Crippen LogP contribution >= 0.6 is 0 Å². The van der Waals surface area contributed by atoms with Crippen LogP contribution in [0, 0.1) is 13.8 Å². The molecule has 11 heteroatoms. The lowest BCUT2D eigenvalue weighted by molar-refractivity contribution is -0.141. The molecule has 2 aromatic heterocycles. The molecule has 0 aliphatic rings. The van der Waals surface area contributed by atoms with E-state index < -0.39 is 17.5 Å². The summed E-state index contributed by atoms with van der Waals surface area (Å²) in [6.07, 6.45) is -3.47. The lowest BCUT2D eigenvalue weighted by Crippen LogP contribution is -2.40. The minimum Gasteiger partial charge on any atom is -0.466 e. The third kappa shape index (κ3) is 6.61. The van der Waals surface area contributed by atoms with E-state index in [-0.39, 0.29) is 19.0 Å². The molecule has 0 aliphatic heterocycles. The van der Waals surface area contributed by atoms with Crippen molar-refractivity contribution >= 4 is 11.9 Å². The Labute approximate surface area is 173 Å². The number of anilines is 1. The Bertz CT molecular complexity index is 864. The van der Waals surface area contributed by atoms with Crippen LogP contribution in [-0.2, 0) is 11.8 Å². The Hall–Kier alpha value is -2.82. The van der Waals surface area contributed by atoms with Crippen LogP contribution in [0.5, 0.6) is 0 Å². The number of hydrogen-bond acceptors (Lipinski definition) is 6. The molecule has 2 aromatic rings. The summed E-state index contributed by atoms with van der Waals surface area (Å²) >= 11 is 0. The van der Waals surface area contributed by atoms with E-state index in [0.29, 0.717) is 36.1 Å². The second-order valence-corrected chi connectivity index (χ2v) is 6.91. The molecule has 166 valence electrons. The fourth-order valence-electron chi connectivity index (χ4n) is 2.78. The van der Waals surface area contributed by atoms with Gasteiger partial charge in [0.1, 0.15) is 22.8 Å². The molecular weight excluding hydrogens is 401 g/mol. The summed E-state index contributed by atoms with van der Waals surface area (Å²) in [6, 6.07) is 2.60. The first kappa shape index (κ1) is 23.5. The maximum atomic E-state index is 12.7. The SMILES string of the molecule is CCNC(=NCC(C)(O)c1cc(C)oc1C)NCCNc1nccc(C(F)(F)F)n1. The van der Waals surface area contributed by atoms with Crippen LogP contribution in [-0.4, -0.2) is 47.2 Å². The van der Waals surface area contributed by atoms with Gasteiger partial charge in [0.15, 0.2) is 5.96 Å². The third-order valence-electron chi connectivity index (χ3n) is 4.16. The van der Waals surface area contributed by atoms with Crippen LogP contribution in [0.25, 0.3) is 0 Å². The standard InChI is InChI=1S/C19H27F3N6O2/c1-5-23-16(27-11-18(4,29)14-10-12(2)30-13(14)3)25-8-9-26-17-24-7-6-15(28-17)19(20,21)22/h6-7,10,29H,5,8-9,11H2,1-4H3,(H2,23,25,27)(H,24,26,28). The molecule has 0 aromatic carbocycles. The van der Waals surface area contributed by atoms with Crippen molar-refractivity contribution in [3.05, 3.63) is 41.1 Å². The molecular formula is C19H27F3N6O2. The molecule has 30 heavy (non-hydrogen) atoms. The van der Waals surface area contributed by atoms with Gasteiger partial charge in [-0.1, -0.05) is 0 Å². The van der Waals surface area contributed by atoms with E-state index >= 15 is 0 Å². The molecule has 0 spiro atoms. The first-order chi connectivity index (χ1) is 14.0. The van der Waals surface area contributed by atoms with Crippen LogP contribution in [0.15, 0.2) is 27.7 Å². The zero-order valence-corrected chi connectivity index (χ0v) is 17.4. The van der Waals surface area contributed by atoms with Crippen molar-refractivity contribution < 1.29 is 22.7 Å². The Balaban J connectivity index is 1.92. The van der Waals surface area contributed by atoms with E-state index in [2.05, 4.69) is 30.9 Å². The van der Waals surface area contributed by atoms with Crippen molar-refractivity contribution in [3.63, 3.8) is 0 Å². The average molecular weight is 428 g/mol. The molecule has 1 atom stereocenters. The first-order valence-corrected chi connectivity index (χ1v) is 9.49. The summed E-state index contributed by atoms with van der Waals surface area (Å²) in [5.41, 5.74) is -1.55. The van der Waals surface area contributed by atoms with Crippen LogP contribution in [0.1, 0.15) is 36.6 Å². The van der Waals surface area contributed by atoms with Crippen LogP contribution in [0.4, 0.5) is 19.1 Å². The van der Waals surface area contributed by atoms with Crippen molar-refractivity contribution in [2.24, 2.45) is 4.99 Å². The topological polar surface area (TPSA) is 108 Å². The summed E-state index contributed by atoms with van der Waals surface area (Å²) in [4.78, 5) is 11.6. The maximum Gasteiger partial charge on any atom is 0.433 e. The maximum absolute atomic E-state index is 12.7.